The summed E-state index contributed by atoms with van der Waals surface area (Å²) >= 11 is 0. The lowest BCUT2D eigenvalue weighted by molar-refractivity contribution is 0.0164. The van der Waals surface area contributed by atoms with Gasteiger partial charge in [-0.15, -0.1) is 0 Å². The van der Waals surface area contributed by atoms with Crippen molar-refractivity contribution in [2.45, 2.75) is 44.6 Å². The van der Waals surface area contributed by atoms with Crippen LogP contribution in [0.1, 0.15) is 38.5 Å². The van der Waals surface area contributed by atoms with Crippen LogP contribution in [0.25, 0.3) is 0 Å². The van der Waals surface area contributed by atoms with Gasteiger partial charge in [-0.25, -0.2) is 0 Å². The van der Waals surface area contributed by atoms with E-state index in [2.05, 4.69) is 9.80 Å². The minimum Gasteiger partial charge on any atom is -0.396 e. The van der Waals surface area contributed by atoms with E-state index in [4.69, 9.17) is 9.84 Å². The van der Waals surface area contributed by atoms with Crippen LogP contribution in [0.3, 0.4) is 0 Å². The number of aliphatic hydroxyl groups excluding tert-OH is 1. The molecule has 0 aliphatic carbocycles. The first-order valence-electron chi connectivity index (χ1n) is 8.05. The number of piperidine rings is 1. The Morgan fingerprint density at radius 1 is 1.00 bits per heavy atom. The summed E-state index contributed by atoms with van der Waals surface area (Å²) < 4.78 is 5.43. The third-order valence-electron chi connectivity index (χ3n) is 4.43. The van der Waals surface area contributed by atoms with Crippen LogP contribution < -0.4 is 0 Å². The van der Waals surface area contributed by atoms with Gasteiger partial charge >= 0.3 is 0 Å². The van der Waals surface area contributed by atoms with Crippen molar-refractivity contribution < 1.29 is 9.84 Å². The highest BCUT2D eigenvalue weighted by Crippen LogP contribution is 2.19. The summed E-state index contributed by atoms with van der Waals surface area (Å²) in [5.74, 6) is 0. The van der Waals surface area contributed by atoms with E-state index in [1.807, 2.05) is 0 Å². The van der Waals surface area contributed by atoms with Gasteiger partial charge in [-0.1, -0.05) is 6.42 Å². The van der Waals surface area contributed by atoms with Gasteiger partial charge < -0.3 is 9.84 Å². The lowest BCUT2D eigenvalue weighted by atomic mass is 10.0. The Labute approximate surface area is 117 Å². The number of morpholine rings is 1. The second-order valence-electron chi connectivity index (χ2n) is 5.88. The Bertz CT molecular complexity index is 232. The maximum atomic E-state index is 8.84. The zero-order valence-corrected chi connectivity index (χ0v) is 12.2. The van der Waals surface area contributed by atoms with Crippen molar-refractivity contribution in [2.75, 3.05) is 52.5 Å². The van der Waals surface area contributed by atoms with Gasteiger partial charge in [0.2, 0.25) is 0 Å². The topological polar surface area (TPSA) is 35.9 Å². The molecule has 0 bridgehead atoms. The molecule has 2 heterocycles. The van der Waals surface area contributed by atoms with Gasteiger partial charge in [-0.05, 0) is 45.2 Å². The van der Waals surface area contributed by atoms with Crippen molar-refractivity contribution in [3.05, 3.63) is 0 Å². The lowest BCUT2D eigenvalue weighted by Gasteiger charge is -2.39. The first-order chi connectivity index (χ1) is 9.40. The van der Waals surface area contributed by atoms with E-state index < -0.39 is 0 Å². The number of likely N-dealkylation sites (tertiary alicyclic amines) is 1. The van der Waals surface area contributed by atoms with E-state index in [1.165, 1.54) is 45.3 Å². The van der Waals surface area contributed by atoms with Gasteiger partial charge in [0.05, 0.1) is 13.2 Å². The molecule has 1 N–H and O–H groups in total. The molecule has 4 nitrogen and oxygen atoms in total. The first-order valence-corrected chi connectivity index (χ1v) is 8.05. The third-order valence-corrected chi connectivity index (χ3v) is 4.43. The summed E-state index contributed by atoms with van der Waals surface area (Å²) in [6.07, 6.45) is 7.47. The van der Waals surface area contributed by atoms with E-state index in [0.717, 1.165) is 45.2 Å². The highest BCUT2D eigenvalue weighted by molar-refractivity contribution is 4.80. The number of hydrogen-bond donors (Lipinski definition) is 1. The fraction of sp³-hybridized carbons (Fsp3) is 1.00. The van der Waals surface area contributed by atoms with E-state index in [0.29, 0.717) is 6.61 Å². The second kappa shape index (κ2) is 8.90. The fourth-order valence-electron chi connectivity index (χ4n) is 3.25. The standard InChI is InChI=1S/C15H30N2O2/c18-11-5-1-3-7-17-8-4-2-6-15(17)14-16-9-12-19-13-10-16/h15,18H,1-14H2. The summed E-state index contributed by atoms with van der Waals surface area (Å²) in [5, 5.41) is 8.84. The molecule has 0 radical (unpaired) electrons. The number of ether oxygens (including phenoxy) is 1. The molecule has 2 aliphatic rings. The van der Waals surface area contributed by atoms with Crippen molar-refractivity contribution in [3.63, 3.8) is 0 Å². The summed E-state index contributed by atoms with van der Waals surface area (Å²) in [4.78, 5) is 5.26. The third kappa shape index (κ3) is 5.38. The highest BCUT2D eigenvalue weighted by atomic mass is 16.5. The fourth-order valence-corrected chi connectivity index (χ4v) is 3.25. The molecule has 19 heavy (non-hydrogen) atoms. The van der Waals surface area contributed by atoms with Crippen LogP contribution in [0, 0.1) is 0 Å². The molecule has 4 heteroatoms. The molecule has 0 aromatic heterocycles. The quantitative estimate of drug-likeness (QED) is 0.708. The number of nitrogens with zero attached hydrogens (tertiary/aromatic N) is 2. The minimum absolute atomic E-state index is 0.344. The van der Waals surface area contributed by atoms with Crippen molar-refractivity contribution in [3.8, 4) is 0 Å². The summed E-state index contributed by atoms with van der Waals surface area (Å²) in [6, 6.07) is 0.751. The molecule has 0 aromatic carbocycles. The van der Waals surface area contributed by atoms with Crippen LogP contribution >= 0.6 is 0 Å². The van der Waals surface area contributed by atoms with Crippen LogP contribution in [0.2, 0.25) is 0 Å². The van der Waals surface area contributed by atoms with E-state index in [9.17, 15) is 0 Å². The van der Waals surface area contributed by atoms with Gasteiger partial charge in [0.1, 0.15) is 0 Å². The molecule has 2 rings (SSSR count). The zero-order chi connectivity index (χ0) is 13.3. The Balaban J connectivity index is 1.71. The van der Waals surface area contributed by atoms with Crippen LogP contribution in [0.4, 0.5) is 0 Å². The molecule has 1 unspecified atom stereocenters. The van der Waals surface area contributed by atoms with Gasteiger partial charge in [-0.3, -0.25) is 9.80 Å². The van der Waals surface area contributed by atoms with Crippen LogP contribution in [0.15, 0.2) is 0 Å². The minimum atomic E-state index is 0.344. The van der Waals surface area contributed by atoms with Gasteiger partial charge in [-0.2, -0.15) is 0 Å². The Morgan fingerprint density at radius 3 is 2.63 bits per heavy atom. The maximum Gasteiger partial charge on any atom is 0.0594 e. The van der Waals surface area contributed by atoms with Crippen LogP contribution in [-0.2, 0) is 4.74 Å². The Morgan fingerprint density at radius 2 is 1.84 bits per heavy atom. The molecule has 0 spiro atoms. The molecular weight excluding hydrogens is 240 g/mol. The second-order valence-corrected chi connectivity index (χ2v) is 5.88. The van der Waals surface area contributed by atoms with Crippen LogP contribution in [-0.4, -0.2) is 73.5 Å². The lowest BCUT2D eigenvalue weighted by Crippen LogP contribution is -2.49. The molecule has 2 fully saturated rings. The molecule has 2 aliphatic heterocycles. The molecule has 0 amide bonds. The monoisotopic (exact) mass is 270 g/mol. The van der Waals surface area contributed by atoms with E-state index >= 15 is 0 Å². The van der Waals surface area contributed by atoms with Gasteiger partial charge in [0.25, 0.3) is 0 Å². The van der Waals surface area contributed by atoms with Crippen molar-refractivity contribution in [2.24, 2.45) is 0 Å². The molecule has 0 aromatic rings. The number of rotatable bonds is 7. The molecule has 1 atom stereocenters. The van der Waals surface area contributed by atoms with Gasteiger partial charge in [0.15, 0.2) is 0 Å². The van der Waals surface area contributed by atoms with E-state index in [1.54, 1.807) is 0 Å². The van der Waals surface area contributed by atoms with Crippen molar-refractivity contribution in [1.82, 2.24) is 9.80 Å². The summed E-state index contributed by atoms with van der Waals surface area (Å²) in [6.45, 7) is 8.08. The number of hydrogen-bond acceptors (Lipinski definition) is 4. The average Bonchev–Trinajstić information content (AvgIpc) is 2.46. The molecule has 2 saturated heterocycles. The summed E-state index contributed by atoms with van der Waals surface area (Å²) in [5.41, 5.74) is 0. The largest absolute Gasteiger partial charge is 0.396 e. The number of aliphatic hydroxyl groups is 1. The first kappa shape index (κ1) is 15.2. The van der Waals surface area contributed by atoms with Gasteiger partial charge in [0, 0.05) is 32.3 Å². The maximum absolute atomic E-state index is 8.84. The smallest absolute Gasteiger partial charge is 0.0594 e. The Kier molecular flexibility index (Phi) is 7.14. The molecular formula is C15H30N2O2. The average molecular weight is 270 g/mol. The molecule has 112 valence electrons. The highest BCUT2D eigenvalue weighted by Gasteiger charge is 2.24. The predicted octanol–water partition coefficient (Wildman–Crippen LogP) is 1.34. The normalized spacial score (nSPS) is 26.7. The number of unbranched alkanes of at least 4 members (excludes halogenated alkanes) is 2. The molecule has 0 saturated carbocycles. The SMILES string of the molecule is OCCCCCN1CCCCC1CN1CCOCC1. The predicted molar refractivity (Wildman–Crippen MR) is 77.4 cm³/mol. The zero-order valence-electron chi connectivity index (χ0n) is 12.2. The van der Waals surface area contributed by atoms with Crippen molar-refractivity contribution in [1.29, 1.82) is 0 Å². The Hall–Kier alpha value is -0.160. The van der Waals surface area contributed by atoms with Crippen LogP contribution in [0.5, 0.6) is 0 Å². The summed E-state index contributed by atoms with van der Waals surface area (Å²) in [7, 11) is 0. The van der Waals surface area contributed by atoms with E-state index in [-0.39, 0.29) is 0 Å². The van der Waals surface area contributed by atoms with Crippen molar-refractivity contribution >= 4 is 0 Å².